The van der Waals surface area contributed by atoms with Gasteiger partial charge in [0.2, 0.25) is 0 Å². The Morgan fingerprint density at radius 2 is 2.22 bits per heavy atom. The van der Waals surface area contributed by atoms with Gasteiger partial charge in [-0.3, -0.25) is 0 Å². The van der Waals surface area contributed by atoms with Gasteiger partial charge in [0.25, 0.3) is 0 Å². The van der Waals surface area contributed by atoms with Crippen LogP contribution in [0.3, 0.4) is 0 Å². The van der Waals surface area contributed by atoms with Crippen LogP contribution >= 0.6 is 7.92 Å². The van der Waals surface area contributed by atoms with Crippen molar-refractivity contribution in [1.29, 1.82) is 0 Å². The second-order valence-electron chi connectivity index (χ2n) is 1.56. The van der Waals surface area contributed by atoms with Crippen LogP contribution in [0.4, 0.5) is 0 Å². The van der Waals surface area contributed by atoms with Gasteiger partial charge in [-0.1, -0.05) is 6.92 Å². The molecule has 0 aromatic rings. The summed E-state index contributed by atoms with van der Waals surface area (Å²) in [6.07, 6.45) is 1.08. The third kappa shape index (κ3) is 4.58. The summed E-state index contributed by atoms with van der Waals surface area (Å²) in [5.74, 6) is 2.17. The Bertz CT molecular complexity index is 93.1. The van der Waals surface area contributed by atoms with Crippen molar-refractivity contribution in [3.63, 3.8) is 0 Å². The second-order valence-corrected chi connectivity index (χ2v) is 3.28. The number of hydrogen-bond donors (Lipinski definition) is 1. The first-order valence-electron chi connectivity index (χ1n) is 3.28. The van der Waals surface area contributed by atoms with E-state index < -0.39 is 7.92 Å². The van der Waals surface area contributed by atoms with E-state index in [9.17, 15) is 0 Å². The van der Waals surface area contributed by atoms with Crippen LogP contribution in [0.1, 0.15) is 20.3 Å². The first kappa shape index (κ1) is 9.09. The van der Waals surface area contributed by atoms with Crippen LogP contribution in [0.2, 0.25) is 0 Å². The number of hydrogen-bond acceptors (Lipinski definition) is 2. The first-order chi connectivity index (χ1) is 4.35. The summed E-state index contributed by atoms with van der Waals surface area (Å²) in [4.78, 5) is 0. The van der Waals surface area contributed by atoms with Crippen molar-refractivity contribution in [2.24, 2.45) is 0 Å². The van der Waals surface area contributed by atoms with E-state index in [1.807, 2.05) is 14.0 Å². The van der Waals surface area contributed by atoms with Crippen molar-refractivity contribution < 1.29 is 4.52 Å². The summed E-state index contributed by atoms with van der Waals surface area (Å²) < 4.78 is 5.33. The van der Waals surface area contributed by atoms with Crippen molar-refractivity contribution >= 4 is 13.7 Å². The Hall–Kier alpha value is 0.0900. The molecule has 0 saturated heterocycles. The van der Waals surface area contributed by atoms with Gasteiger partial charge in [-0.15, -0.1) is 5.09 Å². The Labute approximate surface area is 58.1 Å². The summed E-state index contributed by atoms with van der Waals surface area (Å²) in [6.45, 7) is 4.92. The summed E-state index contributed by atoms with van der Waals surface area (Å²) in [5, 5.41) is 3.09. The van der Waals surface area contributed by atoms with Gasteiger partial charge in [-0.05, 0) is 6.92 Å². The highest BCUT2D eigenvalue weighted by Crippen LogP contribution is 2.15. The maximum absolute atomic E-state index is 5.33. The fraction of sp³-hybridized carbons (Fsp3) is 0.833. The lowest BCUT2D eigenvalue weighted by molar-refractivity contribution is 0.383. The van der Waals surface area contributed by atoms with Crippen LogP contribution in [-0.2, 0) is 4.52 Å². The molecule has 0 aliphatic heterocycles. The molecule has 0 aromatic carbocycles. The lowest BCUT2D eigenvalue weighted by Crippen LogP contribution is -1.96. The molecule has 0 amide bonds. The Kier molecular flexibility index (Phi) is 6.28. The molecule has 0 heterocycles. The summed E-state index contributed by atoms with van der Waals surface area (Å²) in [5.41, 5.74) is 0. The minimum Gasteiger partial charge on any atom is -0.163 e. The fourth-order valence-corrected chi connectivity index (χ4v) is 1.54. The zero-order valence-corrected chi connectivity index (χ0v) is 7.24. The van der Waals surface area contributed by atoms with E-state index in [0.29, 0.717) is 0 Å². The molecule has 1 N–H and O–H groups in total. The van der Waals surface area contributed by atoms with E-state index in [4.69, 9.17) is 4.52 Å². The van der Waals surface area contributed by atoms with E-state index in [1.165, 1.54) is 0 Å². The molecule has 1 atom stereocenters. The minimum absolute atomic E-state index is 0.434. The standard InChI is InChI=1S/C6H15NOP/c1-4-6-9(7-3)8-5-2/h6-7H,4-5H2,1-3H3/q+1. The third-order valence-corrected chi connectivity index (χ3v) is 2.51. The van der Waals surface area contributed by atoms with Crippen LogP contribution < -0.4 is 5.09 Å². The average molecular weight is 148 g/mol. The normalized spacial score (nSPS) is 12.1. The van der Waals surface area contributed by atoms with E-state index in [1.54, 1.807) is 0 Å². The third-order valence-electron chi connectivity index (χ3n) is 0.837. The predicted octanol–water partition coefficient (Wildman–Crippen LogP) is 1.77. The molecule has 54 valence electrons. The molecular weight excluding hydrogens is 133 g/mol. The van der Waals surface area contributed by atoms with Gasteiger partial charge in [0.15, 0.2) is 0 Å². The second kappa shape index (κ2) is 6.21. The maximum atomic E-state index is 5.33. The smallest absolute Gasteiger partial charge is 0.163 e. The fourth-order valence-electron chi connectivity index (χ4n) is 0.513. The van der Waals surface area contributed by atoms with Crippen LogP contribution in [-0.4, -0.2) is 19.5 Å². The molecule has 2 nitrogen and oxygen atoms in total. The maximum Gasteiger partial charge on any atom is 0.346 e. The molecule has 0 fully saturated rings. The molecule has 0 aliphatic rings. The van der Waals surface area contributed by atoms with Crippen molar-refractivity contribution in [1.82, 2.24) is 5.09 Å². The highest BCUT2D eigenvalue weighted by molar-refractivity contribution is 7.50. The Balaban J connectivity index is 3.53. The molecule has 0 rings (SSSR count). The Morgan fingerprint density at radius 3 is 2.56 bits per heavy atom. The lowest BCUT2D eigenvalue weighted by Gasteiger charge is -1.87. The number of rotatable bonds is 4. The van der Waals surface area contributed by atoms with E-state index in [2.05, 4.69) is 17.8 Å². The molecule has 0 aromatic heterocycles. The van der Waals surface area contributed by atoms with Gasteiger partial charge in [0.05, 0.1) is 6.61 Å². The molecule has 0 aliphatic carbocycles. The molecule has 0 saturated carbocycles. The number of nitrogens with one attached hydrogen (secondary N) is 1. The highest BCUT2D eigenvalue weighted by Gasteiger charge is 2.03. The molecule has 0 spiro atoms. The largest absolute Gasteiger partial charge is 0.346 e. The average Bonchev–Trinajstić information content (AvgIpc) is 1.88. The van der Waals surface area contributed by atoms with Gasteiger partial charge in [-0.2, -0.15) is 4.52 Å². The summed E-state index contributed by atoms with van der Waals surface area (Å²) in [7, 11) is 1.49. The molecule has 3 heteroatoms. The first-order valence-corrected chi connectivity index (χ1v) is 4.60. The van der Waals surface area contributed by atoms with Crippen LogP contribution in [0.5, 0.6) is 0 Å². The molecule has 0 radical (unpaired) electrons. The molecule has 1 unspecified atom stereocenters. The highest BCUT2D eigenvalue weighted by atomic mass is 31.1. The summed E-state index contributed by atoms with van der Waals surface area (Å²) >= 11 is 0. The lowest BCUT2D eigenvalue weighted by atomic mass is 10.6. The molecular formula is C6H15NOP+. The summed E-state index contributed by atoms with van der Waals surface area (Å²) in [6, 6.07) is 0. The minimum atomic E-state index is -0.434. The SMILES string of the molecule is CCC=[P+](NC)OCC. The molecule has 0 bridgehead atoms. The van der Waals surface area contributed by atoms with Crippen LogP contribution in [0.25, 0.3) is 0 Å². The van der Waals surface area contributed by atoms with Gasteiger partial charge in [0.1, 0.15) is 5.80 Å². The van der Waals surface area contributed by atoms with E-state index in [0.717, 1.165) is 13.0 Å². The Morgan fingerprint density at radius 1 is 1.56 bits per heavy atom. The van der Waals surface area contributed by atoms with Crippen LogP contribution in [0, 0.1) is 0 Å². The van der Waals surface area contributed by atoms with Gasteiger partial charge >= 0.3 is 7.92 Å². The van der Waals surface area contributed by atoms with Crippen molar-refractivity contribution in [3.8, 4) is 0 Å². The van der Waals surface area contributed by atoms with Gasteiger partial charge < -0.3 is 0 Å². The zero-order valence-electron chi connectivity index (χ0n) is 6.35. The van der Waals surface area contributed by atoms with Crippen LogP contribution in [0.15, 0.2) is 0 Å². The molecule has 9 heavy (non-hydrogen) atoms. The topological polar surface area (TPSA) is 21.3 Å². The quantitative estimate of drug-likeness (QED) is 0.613. The zero-order chi connectivity index (χ0) is 7.11. The van der Waals surface area contributed by atoms with E-state index in [-0.39, 0.29) is 0 Å². The van der Waals surface area contributed by atoms with Crippen molar-refractivity contribution in [2.75, 3.05) is 13.7 Å². The monoisotopic (exact) mass is 148 g/mol. The van der Waals surface area contributed by atoms with Crippen molar-refractivity contribution in [2.45, 2.75) is 20.3 Å². The van der Waals surface area contributed by atoms with Crippen molar-refractivity contribution in [3.05, 3.63) is 0 Å². The predicted molar refractivity (Wildman–Crippen MR) is 44.0 cm³/mol. The van der Waals surface area contributed by atoms with Gasteiger partial charge in [-0.25, -0.2) is 0 Å². The van der Waals surface area contributed by atoms with E-state index >= 15 is 0 Å². The van der Waals surface area contributed by atoms with Gasteiger partial charge in [0, 0.05) is 13.5 Å².